The Kier molecular flexibility index (Phi) is 5.34. The highest BCUT2D eigenvalue weighted by molar-refractivity contribution is 9.09. The molecule has 3 nitrogen and oxygen atoms in total. The summed E-state index contributed by atoms with van der Waals surface area (Å²) in [6, 6.07) is 0. The monoisotopic (exact) mass is 450 g/mol. The third-order valence-electron chi connectivity index (χ3n) is 9.42. The van der Waals surface area contributed by atoms with E-state index in [4.69, 9.17) is 0 Å². The Labute approximate surface area is 177 Å². The molecule has 4 aliphatic carbocycles. The minimum absolute atomic E-state index is 0.161. The minimum atomic E-state index is -0.605. The first kappa shape index (κ1) is 20.6. The summed E-state index contributed by atoms with van der Waals surface area (Å²) in [5.41, 5.74) is 1.78. The summed E-state index contributed by atoms with van der Waals surface area (Å²) in [6.45, 7) is 6.91. The van der Waals surface area contributed by atoms with E-state index < -0.39 is 5.97 Å². The van der Waals surface area contributed by atoms with Crippen LogP contribution < -0.4 is 0 Å². The minimum Gasteiger partial charge on any atom is -0.481 e. The smallest absolute Gasteiger partial charge is 0.306 e. The standard InChI is InChI=1S/C24H35BrO3/c1-14(25)12-18(22(27)28)20-7-6-19-17-5-4-15-13-16(26)8-10-23(15,2)21(17)9-11-24(19,20)3/h13-14,17-21H,4-12H2,1-3H3,(H,27,28)/t14?,17-,18?,19-,20+,21-,23-,24-/m0/s1. The number of hydrogen-bond acceptors (Lipinski definition) is 2. The van der Waals surface area contributed by atoms with Gasteiger partial charge in [0.05, 0.1) is 5.92 Å². The van der Waals surface area contributed by atoms with Crippen molar-refractivity contribution in [2.24, 2.45) is 40.4 Å². The summed E-state index contributed by atoms with van der Waals surface area (Å²) < 4.78 is 0. The highest BCUT2D eigenvalue weighted by Crippen LogP contribution is 2.67. The maximum atomic E-state index is 12.1. The van der Waals surface area contributed by atoms with E-state index in [2.05, 4.69) is 36.7 Å². The second-order valence-corrected chi connectivity index (χ2v) is 12.2. The molecule has 4 aliphatic rings. The lowest BCUT2D eigenvalue weighted by Crippen LogP contribution is -2.51. The van der Waals surface area contributed by atoms with Gasteiger partial charge in [-0.3, -0.25) is 9.59 Å². The van der Waals surface area contributed by atoms with Crippen LogP contribution in [0.1, 0.15) is 78.6 Å². The molecule has 3 saturated carbocycles. The molecule has 0 spiro atoms. The second-order valence-electron chi connectivity index (χ2n) is 10.7. The third kappa shape index (κ3) is 3.13. The Balaban J connectivity index is 1.61. The predicted molar refractivity (Wildman–Crippen MR) is 114 cm³/mol. The van der Waals surface area contributed by atoms with E-state index in [1.54, 1.807) is 0 Å². The van der Waals surface area contributed by atoms with Crippen LogP contribution in [0.5, 0.6) is 0 Å². The fourth-order valence-electron chi connectivity index (χ4n) is 8.05. The lowest BCUT2D eigenvalue weighted by Gasteiger charge is -2.58. The number of hydrogen-bond donors (Lipinski definition) is 1. The third-order valence-corrected chi connectivity index (χ3v) is 9.79. The van der Waals surface area contributed by atoms with Crippen molar-refractivity contribution in [3.8, 4) is 0 Å². The summed E-state index contributed by atoms with van der Waals surface area (Å²) >= 11 is 3.60. The normalized spacial score (nSPS) is 44.7. The molecule has 1 N–H and O–H groups in total. The van der Waals surface area contributed by atoms with Gasteiger partial charge in [0.25, 0.3) is 0 Å². The van der Waals surface area contributed by atoms with Gasteiger partial charge in [-0.25, -0.2) is 0 Å². The molecular formula is C24H35BrO3. The van der Waals surface area contributed by atoms with Crippen LogP contribution in [0.25, 0.3) is 0 Å². The second kappa shape index (κ2) is 7.25. The van der Waals surface area contributed by atoms with Gasteiger partial charge in [0.2, 0.25) is 0 Å². The summed E-state index contributed by atoms with van der Waals surface area (Å²) in [6.07, 6.45) is 11.3. The van der Waals surface area contributed by atoms with Crippen LogP contribution in [0.3, 0.4) is 0 Å². The molecule has 0 heterocycles. The molecule has 0 aromatic heterocycles. The highest BCUT2D eigenvalue weighted by atomic mass is 79.9. The lowest BCUT2D eigenvalue weighted by atomic mass is 9.46. The van der Waals surface area contributed by atoms with Gasteiger partial charge in [-0.05, 0) is 91.9 Å². The van der Waals surface area contributed by atoms with E-state index in [0.717, 1.165) is 32.1 Å². The van der Waals surface area contributed by atoms with Gasteiger partial charge < -0.3 is 5.11 Å². The van der Waals surface area contributed by atoms with Crippen LogP contribution >= 0.6 is 15.9 Å². The number of carbonyl (C=O) groups excluding carboxylic acids is 1. The molecule has 0 aliphatic heterocycles. The molecule has 3 fully saturated rings. The first-order valence-corrected chi connectivity index (χ1v) is 12.2. The van der Waals surface area contributed by atoms with Gasteiger partial charge >= 0.3 is 5.97 Å². The molecule has 8 atom stereocenters. The summed E-state index contributed by atoms with van der Waals surface area (Å²) in [5.74, 6) is 1.81. The van der Waals surface area contributed by atoms with E-state index in [-0.39, 0.29) is 21.6 Å². The van der Waals surface area contributed by atoms with Gasteiger partial charge in [0.1, 0.15) is 0 Å². The number of alkyl halides is 1. The molecular weight excluding hydrogens is 416 g/mol. The predicted octanol–water partition coefficient (Wildman–Crippen LogP) is 6.01. The summed E-state index contributed by atoms with van der Waals surface area (Å²) in [5, 5.41) is 9.98. The first-order valence-electron chi connectivity index (χ1n) is 11.3. The van der Waals surface area contributed by atoms with Crippen molar-refractivity contribution in [2.75, 3.05) is 0 Å². The first-order chi connectivity index (χ1) is 13.2. The molecule has 4 heteroatoms. The van der Waals surface area contributed by atoms with Crippen molar-refractivity contribution >= 4 is 27.7 Å². The van der Waals surface area contributed by atoms with Gasteiger partial charge in [0.15, 0.2) is 5.78 Å². The van der Waals surface area contributed by atoms with Crippen LogP contribution in [-0.2, 0) is 9.59 Å². The maximum absolute atomic E-state index is 12.1. The SMILES string of the molecule is CC(Br)CC(C(=O)O)[C@H]1CC[C@H]2[C@@H]3CCC4=CC(=O)CC[C@]4(C)[C@H]3CC[C@]12C. The average molecular weight is 451 g/mol. The zero-order chi connectivity index (χ0) is 20.3. The summed E-state index contributed by atoms with van der Waals surface area (Å²) in [7, 11) is 0. The molecule has 2 unspecified atom stereocenters. The number of rotatable bonds is 4. The van der Waals surface area contributed by atoms with Crippen LogP contribution in [0.4, 0.5) is 0 Å². The fourth-order valence-corrected chi connectivity index (χ4v) is 8.45. The average Bonchev–Trinajstić information content (AvgIpc) is 2.97. The molecule has 28 heavy (non-hydrogen) atoms. The van der Waals surface area contributed by atoms with Gasteiger partial charge in [0, 0.05) is 11.2 Å². The van der Waals surface area contributed by atoms with Crippen molar-refractivity contribution in [2.45, 2.75) is 83.4 Å². The number of halogens is 1. The van der Waals surface area contributed by atoms with Gasteiger partial charge in [-0.1, -0.05) is 42.3 Å². The fraction of sp³-hybridized carbons (Fsp3) is 0.833. The number of carboxylic acids is 1. The molecule has 0 bridgehead atoms. The zero-order valence-electron chi connectivity index (χ0n) is 17.5. The van der Waals surface area contributed by atoms with Crippen LogP contribution in [0, 0.1) is 40.4 Å². The van der Waals surface area contributed by atoms with E-state index in [1.165, 1.54) is 24.8 Å². The van der Waals surface area contributed by atoms with Crippen LogP contribution in [-0.4, -0.2) is 21.7 Å². The van der Waals surface area contributed by atoms with Crippen molar-refractivity contribution in [3.05, 3.63) is 11.6 Å². The Morgan fingerprint density at radius 3 is 2.61 bits per heavy atom. The Morgan fingerprint density at radius 1 is 1.18 bits per heavy atom. The summed E-state index contributed by atoms with van der Waals surface area (Å²) in [4.78, 5) is 24.4. The quantitative estimate of drug-likeness (QED) is 0.533. The van der Waals surface area contributed by atoms with Gasteiger partial charge in [-0.15, -0.1) is 0 Å². The molecule has 4 rings (SSSR count). The van der Waals surface area contributed by atoms with E-state index in [1.807, 2.05) is 6.08 Å². The number of carbonyl (C=O) groups is 2. The number of allylic oxidation sites excluding steroid dienone is 1. The van der Waals surface area contributed by atoms with Crippen LogP contribution in [0.15, 0.2) is 11.6 Å². The van der Waals surface area contributed by atoms with E-state index >= 15 is 0 Å². The lowest BCUT2D eigenvalue weighted by molar-refractivity contribution is -0.147. The molecule has 0 aromatic carbocycles. The van der Waals surface area contributed by atoms with E-state index in [9.17, 15) is 14.7 Å². The molecule has 156 valence electrons. The van der Waals surface area contributed by atoms with Crippen molar-refractivity contribution < 1.29 is 14.7 Å². The highest BCUT2D eigenvalue weighted by Gasteiger charge is 2.60. The number of ketones is 1. The van der Waals surface area contributed by atoms with Crippen LogP contribution in [0.2, 0.25) is 0 Å². The topological polar surface area (TPSA) is 54.4 Å². The zero-order valence-corrected chi connectivity index (χ0v) is 19.1. The molecule has 0 saturated heterocycles. The maximum Gasteiger partial charge on any atom is 0.306 e. The van der Waals surface area contributed by atoms with Crippen molar-refractivity contribution in [1.82, 2.24) is 0 Å². The van der Waals surface area contributed by atoms with E-state index in [0.29, 0.717) is 35.9 Å². The van der Waals surface area contributed by atoms with Crippen molar-refractivity contribution in [1.29, 1.82) is 0 Å². The molecule has 0 amide bonds. The Bertz CT molecular complexity index is 698. The van der Waals surface area contributed by atoms with Gasteiger partial charge in [-0.2, -0.15) is 0 Å². The molecule has 0 radical (unpaired) electrons. The number of aliphatic carboxylic acids is 1. The number of fused-ring (bicyclic) bond motifs is 5. The molecule has 0 aromatic rings. The Morgan fingerprint density at radius 2 is 1.93 bits per heavy atom. The largest absolute Gasteiger partial charge is 0.481 e. The Hall–Kier alpha value is -0.640. The van der Waals surface area contributed by atoms with Crippen molar-refractivity contribution in [3.63, 3.8) is 0 Å². The number of carboxylic acid groups (broad SMARTS) is 1.